The van der Waals surface area contributed by atoms with Gasteiger partial charge in [0.25, 0.3) is 0 Å². The molecule has 26 heavy (non-hydrogen) atoms. The Morgan fingerprint density at radius 2 is 1.65 bits per heavy atom. The van der Waals surface area contributed by atoms with E-state index in [1.54, 1.807) is 28.4 Å². The second kappa shape index (κ2) is 10.2. The van der Waals surface area contributed by atoms with Crippen LogP contribution >= 0.6 is 0 Å². The normalized spacial score (nSPS) is 11.2. The molecule has 0 aliphatic heterocycles. The molecule has 7 heteroatoms. The number of ether oxygens (including phenoxy) is 3. The molecular formula is C19H28N4O3. The average Bonchev–Trinajstić information content (AvgIpc) is 3.19. The SMILES string of the molecule is CN=C(NCCc1ccc(OC)c(OC)c1OC)NCCn1cccc1. The average molecular weight is 360 g/mol. The van der Waals surface area contributed by atoms with Crippen molar-refractivity contribution in [3.8, 4) is 17.2 Å². The van der Waals surface area contributed by atoms with Crippen LogP contribution < -0.4 is 24.8 Å². The van der Waals surface area contributed by atoms with Crippen molar-refractivity contribution >= 4 is 5.96 Å². The lowest BCUT2D eigenvalue weighted by atomic mass is 10.1. The number of hydrogen-bond donors (Lipinski definition) is 2. The van der Waals surface area contributed by atoms with Crippen LogP contribution in [-0.2, 0) is 13.0 Å². The minimum atomic E-state index is 0.613. The van der Waals surface area contributed by atoms with Gasteiger partial charge < -0.3 is 29.4 Å². The van der Waals surface area contributed by atoms with E-state index in [9.17, 15) is 0 Å². The minimum Gasteiger partial charge on any atom is -0.493 e. The first-order valence-electron chi connectivity index (χ1n) is 8.56. The van der Waals surface area contributed by atoms with E-state index in [0.717, 1.165) is 37.6 Å². The lowest BCUT2D eigenvalue weighted by Gasteiger charge is -2.16. The van der Waals surface area contributed by atoms with Crippen molar-refractivity contribution in [3.05, 3.63) is 42.2 Å². The molecule has 0 spiro atoms. The van der Waals surface area contributed by atoms with Crippen LogP contribution in [0.4, 0.5) is 0 Å². The molecule has 7 nitrogen and oxygen atoms in total. The van der Waals surface area contributed by atoms with Crippen LogP contribution in [-0.4, -0.2) is 52.0 Å². The summed E-state index contributed by atoms with van der Waals surface area (Å²) in [6.07, 6.45) is 4.85. The predicted octanol–water partition coefficient (Wildman–Crippen LogP) is 1.92. The van der Waals surface area contributed by atoms with Gasteiger partial charge in [-0.2, -0.15) is 0 Å². The molecule has 2 N–H and O–H groups in total. The monoisotopic (exact) mass is 360 g/mol. The van der Waals surface area contributed by atoms with Gasteiger partial charge in [-0.05, 0) is 24.6 Å². The number of rotatable bonds is 9. The van der Waals surface area contributed by atoms with Gasteiger partial charge in [-0.1, -0.05) is 6.07 Å². The lowest BCUT2D eigenvalue weighted by molar-refractivity contribution is 0.322. The Hall–Kier alpha value is -2.83. The first-order chi connectivity index (χ1) is 12.7. The Labute approximate surface area is 155 Å². The first kappa shape index (κ1) is 19.5. The van der Waals surface area contributed by atoms with E-state index in [4.69, 9.17) is 14.2 Å². The Morgan fingerprint density at radius 1 is 0.962 bits per heavy atom. The fourth-order valence-electron chi connectivity index (χ4n) is 2.72. The van der Waals surface area contributed by atoms with Crippen molar-refractivity contribution in [2.45, 2.75) is 13.0 Å². The number of methoxy groups -OCH3 is 3. The first-order valence-corrected chi connectivity index (χ1v) is 8.56. The van der Waals surface area contributed by atoms with Crippen molar-refractivity contribution in [1.29, 1.82) is 0 Å². The summed E-state index contributed by atoms with van der Waals surface area (Å²) in [4.78, 5) is 4.25. The molecule has 0 radical (unpaired) electrons. The zero-order valence-electron chi connectivity index (χ0n) is 15.9. The van der Waals surface area contributed by atoms with Crippen molar-refractivity contribution in [3.63, 3.8) is 0 Å². The molecule has 1 aromatic heterocycles. The summed E-state index contributed by atoms with van der Waals surface area (Å²) >= 11 is 0. The van der Waals surface area contributed by atoms with Crippen molar-refractivity contribution in [1.82, 2.24) is 15.2 Å². The molecule has 0 saturated carbocycles. The maximum absolute atomic E-state index is 5.52. The Bertz CT molecular complexity index is 699. The molecule has 2 rings (SSSR count). The van der Waals surface area contributed by atoms with E-state index in [0.29, 0.717) is 17.2 Å². The van der Waals surface area contributed by atoms with E-state index in [1.165, 1.54) is 0 Å². The summed E-state index contributed by atoms with van der Waals surface area (Å²) in [7, 11) is 6.62. The molecule has 142 valence electrons. The number of benzene rings is 1. The highest BCUT2D eigenvalue weighted by Crippen LogP contribution is 2.39. The van der Waals surface area contributed by atoms with Crippen LogP contribution in [0.25, 0.3) is 0 Å². The molecule has 2 aromatic rings. The molecule has 0 bridgehead atoms. The molecule has 1 heterocycles. The summed E-state index contributed by atoms with van der Waals surface area (Å²) in [6, 6.07) is 7.91. The van der Waals surface area contributed by atoms with Gasteiger partial charge in [0.15, 0.2) is 17.5 Å². The number of aliphatic imine (C=N–C) groups is 1. The van der Waals surface area contributed by atoms with Gasteiger partial charge in [0.05, 0.1) is 21.3 Å². The number of nitrogens with zero attached hydrogens (tertiary/aromatic N) is 2. The van der Waals surface area contributed by atoms with Gasteiger partial charge >= 0.3 is 0 Å². The summed E-state index contributed by atoms with van der Waals surface area (Å²) in [6.45, 7) is 2.40. The highest BCUT2D eigenvalue weighted by molar-refractivity contribution is 5.79. The van der Waals surface area contributed by atoms with Gasteiger partial charge in [0.2, 0.25) is 5.75 Å². The number of aromatic nitrogens is 1. The van der Waals surface area contributed by atoms with Gasteiger partial charge in [0.1, 0.15) is 0 Å². The Morgan fingerprint density at radius 3 is 2.27 bits per heavy atom. The fraction of sp³-hybridized carbons (Fsp3) is 0.421. The number of hydrogen-bond acceptors (Lipinski definition) is 4. The van der Waals surface area contributed by atoms with Gasteiger partial charge in [0, 0.05) is 44.6 Å². The molecule has 0 aliphatic carbocycles. The highest BCUT2D eigenvalue weighted by Gasteiger charge is 2.15. The summed E-state index contributed by atoms with van der Waals surface area (Å²) in [5, 5.41) is 6.62. The van der Waals surface area contributed by atoms with Gasteiger partial charge in [-0.15, -0.1) is 0 Å². The van der Waals surface area contributed by atoms with Crippen LogP contribution in [0.3, 0.4) is 0 Å². The van der Waals surface area contributed by atoms with Crippen LogP contribution in [0, 0.1) is 0 Å². The lowest BCUT2D eigenvalue weighted by Crippen LogP contribution is -2.39. The van der Waals surface area contributed by atoms with Crippen LogP contribution in [0.2, 0.25) is 0 Å². The zero-order valence-corrected chi connectivity index (χ0v) is 15.9. The summed E-state index contributed by atoms with van der Waals surface area (Å²) < 4.78 is 18.4. The van der Waals surface area contributed by atoms with Gasteiger partial charge in [-0.25, -0.2) is 0 Å². The highest BCUT2D eigenvalue weighted by atomic mass is 16.5. The molecular weight excluding hydrogens is 332 g/mol. The smallest absolute Gasteiger partial charge is 0.203 e. The van der Waals surface area contributed by atoms with E-state index < -0.39 is 0 Å². The van der Waals surface area contributed by atoms with Crippen LogP contribution in [0.1, 0.15) is 5.56 Å². The largest absolute Gasteiger partial charge is 0.493 e. The summed E-state index contributed by atoms with van der Waals surface area (Å²) in [5.74, 6) is 2.74. The second-order valence-corrected chi connectivity index (χ2v) is 5.59. The maximum atomic E-state index is 5.52. The molecule has 0 fully saturated rings. The zero-order chi connectivity index (χ0) is 18.8. The number of nitrogens with one attached hydrogen (secondary N) is 2. The minimum absolute atomic E-state index is 0.613. The molecule has 0 amide bonds. The third-order valence-electron chi connectivity index (χ3n) is 4.02. The Balaban J connectivity index is 1.87. The van der Waals surface area contributed by atoms with Crippen LogP contribution in [0.5, 0.6) is 17.2 Å². The topological polar surface area (TPSA) is 69.0 Å². The van der Waals surface area contributed by atoms with Crippen molar-refractivity contribution < 1.29 is 14.2 Å². The molecule has 0 unspecified atom stereocenters. The fourth-order valence-corrected chi connectivity index (χ4v) is 2.72. The third-order valence-corrected chi connectivity index (χ3v) is 4.02. The molecule has 0 aliphatic rings. The molecule has 0 atom stereocenters. The maximum Gasteiger partial charge on any atom is 0.203 e. The standard InChI is InChI=1S/C19H28N4O3/c1-20-19(22-11-14-23-12-5-6-13-23)21-10-9-15-7-8-16(24-2)18(26-4)17(15)25-3/h5-8,12-13H,9-11,14H2,1-4H3,(H2,20,21,22). The number of guanidine groups is 1. The quantitative estimate of drug-likeness (QED) is 0.528. The van der Waals surface area contributed by atoms with E-state index in [2.05, 4.69) is 20.2 Å². The molecule has 0 saturated heterocycles. The van der Waals surface area contributed by atoms with E-state index >= 15 is 0 Å². The molecule has 1 aromatic carbocycles. The van der Waals surface area contributed by atoms with E-state index in [1.807, 2.05) is 36.7 Å². The van der Waals surface area contributed by atoms with Crippen molar-refractivity contribution in [2.75, 3.05) is 41.5 Å². The second-order valence-electron chi connectivity index (χ2n) is 5.59. The van der Waals surface area contributed by atoms with Crippen LogP contribution in [0.15, 0.2) is 41.7 Å². The van der Waals surface area contributed by atoms with Crippen molar-refractivity contribution in [2.24, 2.45) is 4.99 Å². The van der Waals surface area contributed by atoms with E-state index in [-0.39, 0.29) is 0 Å². The summed E-state index contributed by atoms with van der Waals surface area (Å²) in [5.41, 5.74) is 1.04. The Kier molecular flexibility index (Phi) is 7.67. The third kappa shape index (κ3) is 5.08. The predicted molar refractivity (Wildman–Crippen MR) is 104 cm³/mol. The van der Waals surface area contributed by atoms with Gasteiger partial charge in [-0.3, -0.25) is 4.99 Å².